The standard InChI is InChI=1S/C22H22FN3O3/c1-15-10-12-26(13-11-15)20(27)14-28-19-5-3-2-4-18(19)21-24-22(29-25-21)16-6-8-17(23)9-7-16/h2-9,15H,10-14H2,1H3. The predicted molar refractivity (Wildman–Crippen MR) is 106 cm³/mol. The zero-order valence-corrected chi connectivity index (χ0v) is 16.2. The van der Waals surface area contributed by atoms with Crippen LogP contribution in [0, 0.1) is 11.7 Å². The van der Waals surface area contributed by atoms with Crippen molar-refractivity contribution in [1.29, 1.82) is 0 Å². The van der Waals surface area contributed by atoms with E-state index < -0.39 is 0 Å². The molecule has 0 bridgehead atoms. The van der Waals surface area contributed by atoms with Crippen LogP contribution in [0.5, 0.6) is 5.75 Å². The van der Waals surface area contributed by atoms with E-state index >= 15 is 0 Å². The van der Waals surface area contributed by atoms with Gasteiger partial charge in [-0.3, -0.25) is 4.79 Å². The van der Waals surface area contributed by atoms with Crippen LogP contribution in [0.3, 0.4) is 0 Å². The third-order valence-corrected chi connectivity index (χ3v) is 5.13. The highest BCUT2D eigenvalue weighted by molar-refractivity contribution is 5.78. The van der Waals surface area contributed by atoms with E-state index in [1.165, 1.54) is 12.1 Å². The summed E-state index contributed by atoms with van der Waals surface area (Å²) in [7, 11) is 0. The Hall–Kier alpha value is -3.22. The van der Waals surface area contributed by atoms with E-state index in [1.54, 1.807) is 18.2 Å². The van der Waals surface area contributed by atoms with E-state index in [2.05, 4.69) is 17.1 Å². The van der Waals surface area contributed by atoms with Crippen molar-refractivity contribution in [2.75, 3.05) is 19.7 Å². The smallest absolute Gasteiger partial charge is 0.260 e. The quantitative estimate of drug-likeness (QED) is 0.648. The van der Waals surface area contributed by atoms with Gasteiger partial charge in [-0.05, 0) is 55.2 Å². The highest BCUT2D eigenvalue weighted by Gasteiger charge is 2.21. The van der Waals surface area contributed by atoms with Gasteiger partial charge in [-0.2, -0.15) is 4.98 Å². The van der Waals surface area contributed by atoms with Crippen molar-refractivity contribution >= 4 is 5.91 Å². The molecule has 0 atom stereocenters. The Morgan fingerprint density at radius 1 is 1.17 bits per heavy atom. The lowest BCUT2D eigenvalue weighted by molar-refractivity contribution is -0.134. The van der Waals surface area contributed by atoms with Crippen LogP contribution >= 0.6 is 0 Å². The second-order valence-electron chi connectivity index (χ2n) is 7.28. The van der Waals surface area contributed by atoms with E-state index in [9.17, 15) is 9.18 Å². The Balaban J connectivity index is 1.47. The normalized spacial score (nSPS) is 14.8. The summed E-state index contributed by atoms with van der Waals surface area (Å²) in [5, 5.41) is 4.02. The summed E-state index contributed by atoms with van der Waals surface area (Å²) < 4.78 is 24.2. The Morgan fingerprint density at radius 3 is 2.66 bits per heavy atom. The lowest BCUT2D eigenvalue weighted by atomic mass is 9.99. The van der Waals surface area contributed by atoms with Gasteiger partial charge in [0.2, 0.25) is 5.82 Å². The van der Waals surface area contributed by atoms with Gasteiger partial charge in [0.15, 0.2) is 6.61 Å². The molecule has 3 aromatic rings. The van der Waals surface area contributed by atoms with Gasteiger partial charge in [0, 0.05) is 18.7 Å². The number of rotatable bonds is 5. The number of carbonyl (C=O) groups excluding carboxylic acids is 1. The first-order valence-electron chi connectivity index (χ1n) is 9.70. The minimum Gasteiger partial charge on any atom is -0.483 e. The van der Waals surface area contributed by atoms with E-state index in [1.807, 2.05) is 23.1 Å². The summed E-state index contributed by atoms with van der Waals surface area (Å²) in [6.45, 7) is 3.72. The summed E-state index contributed by atoms with van der Waals surface area (Å²) in [5.74, 6) is 1.45. The van der Waals surface area contributed by atoms with E-state index in [-0.39, 0.29) is 24.2 Å². The predicted octanol–water partition coefficient (Wildman–Crippen LogP) is 4.18. The molecule has 1 aliphatic heterocycles. The zero-order chi connectivity index (χ0) is 20.2. The van der Waals surface area contributed by atoms with Crippen molar-refractivity contribution < 1.29 is 18.4 Å². The number of carbonyl (C=O) groups is 1. The van der Waals surface area contributed by atoms with Gasteiger partial charge in [-0.25, -0.2) is 4.39 Å². The number of para-hydroxylation sites is 1. The van der Waals surface area contributed by atoms with Crippen LogP contribution in [0.1, 0.15) is 19.8 Å². The lowest BCUT2D eigenvalue weighted by Gasteiger charge is -2.30. The van der Waals surface area contributed by atoms with Gasteiger partial charge in [-0.15, -0.1) is 0 Å². The van der Waals surface area contributed by atoms with Crippen molar-refractivity contribution in [3.05, 3.63) is 54.3 Å². The summed E-state index contributed by atoms with van der Waals surface area (Å²) in [5.41, 5.74) is 1.25. The molecule has 2 heterocycles. The Labute approximate surface area is 168 Å². The third-order valence-electron chi connectivity index (χ3n) is 5.13. The maximum Gasteiger partial charge on any atom is 0.260 e. The fourth-order valence-corrected chi connectivity index (χ4v) is 3.31. The summed E-state index contributed by atoms with van der Waals surface area (Å²) in [6.07, 6.45) is 2.05. The van der Waals surface area contributed by atoms with E-state index in [0.29, 0.717) is 28.6 Å². The highest BCUT2D eigenvalue weighted by Crippen LogP contribution is 2.29. The van der Waals surface area contributed by atoms with Gasteiger partial charge < -0.3 is 14.2 Å². The molecule has 0 unspecified atom stereocenters. The van der Waals surface area contributed by atoms with Crippen LogP contribution < -0.4 is 4.74 Å². The molecule has 0 spiro atoms. The van der Waals surface area contributed by atoms with Crippen molar-refractivity contribution in [1.82, 2.24) is 15.0 Å². The summed E-state index contributed by atoms with van der Waals surface area (Å²) in [4.78, 5) is 18.7. The number of hydrogen-bond acceptors (Lipinski definition) is 5. The van der Waals surface area contributed by atoms with Gasteiger partial charge in [0.25, 0.3) is 11.8 Å². The molecule has 1 aromatic heterocycles. The number of likely N-dealkylation sites (tertiary alicyclic amines) is 1. The number of amides is 1. The van der Waals surface area contributed by atoms with Crippen LogP contribution in [-0.2, 0) is 4.79 Å². The largest absolute Gasteiger partial charge is 0.483 e. The fourth-order valence-electron chi connectivity index (χ4n) is 3.31. The van der Waals surface area contributed by atoms with Crippen LogP contribution in [0.15, 0.2) is 53.1 Å². The lowest BCUT2D eigenvalue weighted by Crippen LogP contribution is -2.40. The van der Waals surface area contributed by atoms with Crippen molar-refractivity contribution in [3.8, 4) is 28.6 Å². The molecule has 6 nitrogen and oxygen atoms in total. The monoisotopic (exact) mass is 395 g/mol. The summed E-state index contributed by atoms with van der Waals surface area (Å²) >= 11 is 0. The first-order chi connectivity index (χ1) is 14.1. The number of hydrogen-bond donors (Lipinski definition) is 0. The van der Waals surface area contributed by atoms with Gasteiger partial charge in [0.05, 0.1) is 5.56 Å². The molecular weight excluding hydrogens is 373 g/mol. The molecule has 150 valence electrons. The maximum atomic E-state index is 13.1. The van der Waals surface area contributed by atoms with Crippen LogP contribution in [0.4, 0.5) is 4.39 Å². The van der Waals surface area contributed by atoms with E-state index in [4.69, 9.17) is 9.26 Å². The first kappa shape index (κ1) is 19.1. The van der Waals surface area contributed by atoms with Gasteiger partial charge >= 0.3 is 0 Å². The Bertz CT molecular complexity index is 979. The highest BCUT2D eigenvalue weighted by atomic mass is 19.1. The average Bonchev–Trinajstić information content (AvgIpc) is 3.23. The molecule has 1 amide bonds. The maximum absolute atomic E-state index is 13.1. The average molecular weight is 395 g/mol. The molecule has 1 fully saturated rings. The molecule has 1 saturated heterocycles. The second-order valence-corrected chi connectivity index (χ2v) is 7.28. The molecule has 0 saturated carbocycles. The molecule has 0 radical (unpaired) electrons. The SMILES string of the molecule is CC1CCN(C(=O)COc2ccccc2-c2noc(-c3ccc(F)cc3)n2)CC1. The molecule has 1 aliphatic rings. The molecule has 2 aromatic carbocycles. The number of aromatic nitrogens is 2. The van der Waals surface area contributed by atoms with E-state index in [0.717, 1.165) is 25.9 Å². The molecule has 29 heavy (non-hydrogen) atoms. The van der Waals surface area contributed by atoms with Crippen LogP contribution in [0.25, 0.3) is 22.8 Å². The number of ether oxygens (including phenoxy) is 1. The molecule has 4 rings (SSSR count). The van der Waals surface area contributed by atoms with Crippen LogP contribution in [-0.4, -0.2) is 40.6 Å². The topological polar surface area (TPSA) is 68.5 Å². The minimum atomic E-state index is -0.333. The Morgan fingerprint density at radius 2 is 1.90 bits per heavy atom. The minimum absolute atomic E-state index is 0.0215. The first-order valence-corrected chi connectivity index (χ1v) is 9.70. The number of halogens is 1. The molecule has 0 aliphatic carbocycles. The second kappa shape index (κ2) is 8.43. The van der Waals surface area contributed by atoms with Crippen molar-refractivity contribution in [2.24, 2.45) is 5.92 Å². The number of benzene rings is 2. The van der Waals surface area contributed by atoms with Gasteiger partial charge in [-0.1, -0.05) is 24.2 Å². The summed E-state index contributed by atoms with van der Waals surface area (Å²) in [6, 6.07) is 13.1. The van der Waals surface area contributed by atoms with Crippen molar-refractivity contribution in [3.63, 3.8) is 0 Å². The van der Waals surface area contributed by atoms with Crippen LogP contribution in [0.2, 0.25) is 0 Å². The molecular formula is C22H22FN3O3. The van der Waals surface area contributed by atoms with Crippen molar-refractivity contribution in [2.45, 2.75) is 19.8 Å². The number of nitrogens with zero attached hydrogens (tertiary/aromatic N) is 3. The molecule has 7 heteroatoms. The zero-order valence-electron chi connectivity index (χ0n) is 16.2. The fraction of sp³-hybridized carbons (Fsp3) is 0.318. The number of piperidine rings is 1. The molecule has 0 N–H and O–H groups in total. The Kier molecular flexibility index (Phi) is 5.55. The third kappa shape index (κ3) is 4.45. The van der Waals surface area contributed by atoms with Gasteiger partial charge in [0.1, 0.15) is 11.6 Å².